The molecule has 0 radical (unpaired) electrons. The van der Waals surface area contributed by atoms with E-state index in [0.717, 1.165) is 11.4 Å². The van der Waals surface area contributed by atoms with E-state index in [-0.39, 0.29) is 0 Å². The Labute approximate surface area is 102 Å². The molecule has 0 aliphatic rings. The van der Waals surface area contributed by atoms with Gasteiger partial charge in [-0.2, -0.15) is 0 Å². The Kier molecular flexibility index (Phi) is 4.76. The molecule has 1 N–H and O–H groups in total. The van der Waals surface area contributed by atoms with Crippen LogP contribution in [0, 0.1) is 5.92 Å². The fourth-order valence-electron chi connectivity index (χ4n) is 0.896. The zero-order valence-electron chi connectivity index (χ0n) is 8.33. The second-order valence-electron chi connectivity index (χ2n) is 3.39. The first kappa shape index (κ1) is 12.7. The fraction of sp³-hybridized carbons (Fsp3) is 0.625. The van der Waals surface area contributed by atoms with Gasteiger partial charge in [-0.3, -0.25) is 10.1 Å². The average molecular weight is 268 g/mol. The summed E-state index contributed by atoms with van der Waals surface area (Å²) in [6.07, 6.45) is 0.846. The number of alkyl halides is 2. The lowest BCUT2D eigenvalue weighted by Crippen LogP contribution is -2.18. The van der Waals surface area contributed by atoms with Crippen LogP contribution in [0.3, 0.4) is 0 Å². The van der Waals surface area contributed by atoms with E-state index in [9.17, 15) is 4.79 Å². The number of nitrogens with one attached hydrogen (secondary N) is 1. The van der Waals surface area contributed by atoms with E-state index in [2.05, 4.69) is 29.4 Å². The summed E-state index contributed by atoms with van der Waals surface area (Å²) < 4.78 is 0. The third-order valence-electron chi connectivity index (χ3n) is 1.48. The minimum atomic E-state index is -1.08. The number of amides is 1. The standard InChI is InChI=1S/C8H11Cl2N3OS/c1-4(2)3-5-12-13-8(15-5)11-7(14)6(9)10/h4,6H,3H2,1-2H3,(H,11,13,14). The first-order valence-corrected chi connectivity index (χ1v) is 6.09. The van der Waals surface area contributed by atoms with Crippen molar-refractivity contribution in [3.63, 3.8) is 0 Å². The van der Waals surface area contributed by atoms with E-state index >= 15 is 0 Å². The van der Waals surface area contributed by atoms with Crippen LogP contribution in [0.5, 0.6) is 0 Å². The highest BCUT2D eigenvalue weighted by Crippen LogP contribution is 2.19. The molecule has 1 aromatic rings. The molecular weight excluding hydrogens is 257 g/mol. The lowest BCUT2D eigenvalue weighted by molar-refractivity contribution is -0.114. The maximum Gasteiger partial charge on any atom is 0.259 e. The molecule has 0 bridgehead atoms. The molecular formula is C8H11Cl2N3OS. The molecule has 0 aliphatic heterocycles. The second kappa shape index (κ2) is 5.63. The molecule has 0 aliphatic carbocycles. The van der Waals surface area contributed by atoms with Gasteiger partial charge in [0.15, 0.2) is 4.84 Å². The normalized spacial score (nSPS) is 11.1. The fourth-order valence-corrected chi connectivity index (χ4v) is 1.96. The number of nitrogens with zero attached hydrogens (tertiary/aromatic N) is 2. The molecule has 0 spiro atoms. The van der Waals surface area contributed by atoms with Crippen molar-refractivity contribution in [1.82, 2.24) is 10.2 Å². The van der Waals surface area contributed by atoms with E-state index in [4.69, 9.17) is 23.2 Å². The monoisotopic (exact) mass is 267 g/mol. The zero-order valence-corrected chi connectivity index (χ0v) is 10.7. The summed E-state index contributed by atoms with van der Waals surface area (Å²) in [6.45, 7) is 4.18. The van der Waals surface area contributed by atoms with E-state index in [1.807, 2.05) is 0 Å². The van der Waals surface area contributed by atoms with Gasteiger partial charge in [-0.25, -0.2) is 0 Å². The average Bonchev–Trinajstić information content (AvgIpc) is 2.51. The molecule has 1 amide bonds. The summed E-state index contributed by atoms with van der Waals surface area (Å²) >= 11 is 12.1. The van der Waals surface area contributed by atoms with Gasteiger partial charge in [-0.1, -0.05) is 48.4 Å². The summed E-state index contributed by atoms with van der Waals surface area (Å²) in [4.78, 5) is 10.0. The Balaban J connectivity index is 2.56. The summed E-state index contributed by atoms with van der Waals surface area (Å²) in [7, 11) is 0. The number of hydrogen-bond acceptors (Lipinski definition) is 4. The van der Waals surface area contributed by atoms with Crippen LogP contribution >= 0.6 is 34.5 Å². The third-order valence-corrected chi connectivity index (χ3v) is 2.74. The van der Waals surface area contributed by atoms with Crippen molar-refractivity contribution in [2.24, 2.45) is 5.92 Å². The smallest absolute Gasteiger partial charge is 0.259 e. The van der Waals surface area contributed by atoms with Crippen molar-refractivity contribution >= 4 is 45.6 Å². The number of carbonyl (C=O) groups is 1. The Hall–Kier alpha value is -0.390. The molecule has 1 aromatic heterocycles. The van der Waals surface area contributed by atoms with Crippen LogP contribution in [0.25, 0.3) is 0 Å². The number of hydrogen-bond donors (Lipinski definition) is 1. The number of rotatable bonds is 4. The molecule has 15 heavy (non-hydrogen) atoms. The molecule has 4 nitrogen and oxygen atoms in total. The summed E-state index contributed by atoms with van der Waals surface area (Å²) in [5.41, 5.74) is 0. The Morgan fingerprint density at radius 1 is 1.47 bits per heavy atom. The van der Waals surface area contributed by atoms with Crippen LogP contribution < -0.4 is 5.32 Å². The van der Waals surface area contributed by atoms with Gasteiger partial charge >= 0.3 is 0 Å². The van der Waals surface area contributed by atoms with Gasteiger partial charge in [-0.05, 0) is 5.92 Å². The number of aromatic nitrogens is 2. The van der Waals surface area contributed by atoms with E-state index in [1.165, 1.54) is 11.3 Å². The van der Waals surface area contributed by atoms with Crippen molar-refractivity contribution in [2.75, 3.05) is 5.32 Å². The van der Waals surface area contributed by atoms with E-state index < -0.39 is 10.7 Å². The summed E-state index contributed by atoms with van der Waals surface area (Å²) in [6, 6.07) is 0. The highest BCUT2D eigenvalue weighted by Gasteiger charge is 2.14. The minimum absolute atomic E-state index is 0.432. The van der Waals surface area contributed by atoms with Gasteiger partial charge < -0.3 is 0 Å². The summed E-state index contributed by atoms with van der Waals surface area (Å²) in [5, 5.41) is 11.5. The molecule has 0 saturated carbocycles. The molecule has 84 valence electrons. The molecule has 1 rings (SSSR count). The molecule has 0 aromatic carbocycles. The predicted octanol–water partition coefficient (Wildman–Crippen LogP) is 2.48. The Morgan fingerprint density at radius 2 is 2.13 bits per heavy atom. The number of halogens is 2. The van der Waals surface area contributed by atoms with Gasteiger partial charge in [0.25, 0.3) is 5.91 Å². The van der Waals surface area contributed by atoms with Crippen LogP contribution in [0.4, 0.5) is 5.13 Å². The van der Waals surface area contributed by atoms with E-state index in [0.29, 0.717) is 11.0 Å². The second-order valence-corrected chi connectivity index (χ2v) is 5.55. The van der Waals surface area contributed by atoms with E-state index in [1.54, 1.807) is 0 Å². The third kappa shape index (κ3) is 4.32. The molecule has 0 fully saturated rings. The van der Waals surface area contributed by atoms with Crippen LogP contribution in [0.1, 0.15) is 18.9 Å². The highest BCUT2D eigenvalue weighted by atomic mass is 35.5. The van der Waals surface area contributed by atoms with Gasteiger partial charge in [-0.15, -0.1) is 10.2 Å². The number of anilines is 1. The SMILES string of the molecule is CC(C)Cc1nnc(NC(=O)C(Cl)Cl)s1. The van der Waals surface area contributed by atoms with Gasteiger partial charge in [0.1, 0.15) is 5.01 Å². The van der Waals surface area contributed by atoms with Crippen LogP contribution in [0.15, 0.2) is 0 Å². The summed E-state index contributed by atoms with van der Waals surface area (Å²) in [5.74, 6) is 0.0286. The van der Waals surface area contributed by atoms with Gasteiger partial charge in [0.05, 0.1) is 0 Å². The molecule has 1 heterocycles. The zero-order chi connectivity index (χ0) is 11.4. The highest BCUT2D eigenvalue weighted by molar-refractivity contribution is 7.15. The van der Waals surface area contributed by atoms with Crippen molar-refractivity contribution < 1.29 is 4.79 Å². The van der Waals surface area contributed by atoms with Crippen LogP contribution in [-0.4, -0.2) is 20.9 Å². The first-order chi connectivity index (χ1) is 6.99. The lowest BCUT2D eigenvalue weighted by Gasteiger charge is -1.99. The molecule has 0 unspecified atom stereocenters. The molecule has 0 saturated heterocycles. The quantitative estimate of drug-likeness (QED) is 0.853. The molecule has 7 heteroatoms. The molecule has 0 atom stereocenters. The van der Waals surface area contributed by atoms with Crippen molar-refractivity contribution in [2.45, 2.75) is 25.1 Å². The van der Waals surface area contributed by atoms with Crippen LogP contribution in [0.2, 0.25) is 0 Å². The maximum absolute atomic E-state index is 11.1. The lowest BCUT2D eigenvalue weighted by atomic mass is 10.1. The van der Waals surface area contributed by atoms with Crippen LogP contribution in [-0.2, 0) is 11.2 Å². The number of carbonyl (C=O) groups excluding carboxylic acids is 1. The Morgan fingerprint density at radius 3 is 2.67 bits per heavy atom. The first-order valence-electron chi connectivity index (χ1n) is 4.40. The van der Waals surface area contributed by atoms with Gasteiger partial charge in [0, 0.05) is 6.42 Å². The van der Waals surface area contributed by atoms with Gasteiger partial charge in [0.2, 0.25) is 5.13 Å². The Bertz CT molecular complexity index is 340. The largest absolute Gasteiger partial charge is 0.298 e. The maximum atomic E-state index is 11.1. The van der Waals surface area contributed by atoms with Crippen molar-refractivity contribution in [3.8, 4) is 0 Å². The predicted molar refractivity (Wildman–Crippen MR) is 62.6 cm³/mol. The van der Waals surface area contributed by atoms with Crippen molar-refractivity contribution in [1.29, 1.82) is 0 Å². The minimum Gasteiger partial charge on any atom is -0.298 e. The topological polar surface area (TPSA) is 54.9 Å². The van der Waals surface area contributed by atoms with Crippen molar-refractivity contribution in [3.05, 3.63) is 5.01 Å².